The molecule has 0 spiro atoms. The average molecular weight is 582 g/mol. The van der Waals surface area contributed by atoms with Gasteiger partial charge in [-0.15, -0.1) is 44.6 Å². The summed E-state index contributed by atoms with van der Waals surface area (Å²) in [5, 5.41) is 32.3. The van der Waals surface area contributed by atoms with Crippen molar-refractivity contribution in [1.82, 2.24) is 35.4 Å². The molecular weight excluding hydrogens is 563 g/mol. The molecule has 3 atom stereocenters. The average Bonchev–Trinajstić information content (AvgIpc) is 3.61. The molecule has 2 aromatic heterocycles. The van der Waals surface area contributed by atoms with Gasteiger partial charge in [-0.25, -0.2) is 24.6 Å². The number of amides is 4. The van der Waals surface area contributed by atoms with E-state index in [1.807, 2.05) is 0 Å². The summed E-state index contributed by atoms with van der Waals surface area (Å²) < 4.78 is 0. The van der Waals surface area contributed by atoms with E-state index in [9.17, 15) is 24.3 Å². The smallest absolute Gasteiger partial charge is 0.352 e. The number of β-lactam (4-membered cyclic amide) rings is 1. The van der Waals surface area contributed by atoms with Crippen LogP contribution in [0.5, 0.6) is 0 Å². The maximum absolute atomic E-state index is 13.5. The zero-order chi connectivity index (χ0) is 26.6. The number of hydrazine groups is 1. The van der Waals surface area contributed by atoms with Gasteiger partial charge in [-0.2, -0.15) is 12.6 Å². The molecule has 2 aromatic rings. The van der Waals surface area contributed by atoms with Crippen molar-refractivity contribution in [1.29, 1.82) is 5.41 Å². The molecule has 194 valence electrons. The number of thiazole rings is 1. The maximum Gasteiger partial charge on any atom is 0.352 e. The quantitative estimate of drug-likeness (QED) is 0.172. The van der Waals surface area contributed by atoms with Crippen molar-refractivity contribution < 1.29 is 24.3 Å². The first-order valence-corrected chi connectivity index (χ1v) is 13.9. The summed E-state index contributed by atoms with van der Waals surface area (Å²) >= 11 is 8.12. The number of nitrogens with two attached hydrogens (primary N) is 1. The molecule has 5 rings (SSSR count). The van der Waals surface area contributed by atoms with Gasteiger partial charge in [0.1, 0.15) is 32.5 Å². The number of nitrogens with zero attached hydrogens (tertiary/aromatic N) is 6. The number of carboxylic acids is 1. The fraction of sp³-hybridized carbons (Fsp3) is 0.368. The predicted molar refractivity (Wildman–Crippen MR) is 138 cm³/mol. The van der Waals surface area contributed by atoms with Gasteiger partial charge in [0.05, 0.1) is 11.8 Å². The predicted octanol–water partition coefficient (Wildman–Crippen LogP) is 0.315. The number of rotatable bonds is 7. The molecule has 0 bridgehead atoms. The van der Waals surface area contributed by atoms with E-state index < -0.39 is 46.2 Å². The monoisotopic (exact) mass is 581 g/mol. The number of hydrogen-bond donors (Lipinski definition) is 5. The van der Waals surface area contributed by atoms with E-state index in [4.69, 9.17) is 11.1 Å². The number of urea groups is 1. The van der Waals surface area contributed by atoms with Gasteiger partial charge in [0.25, 0.3) is 11.8 Å². The Labute approximate surface area is 226 Å². The van der Waals surface area contributed by atoms with E-state index in [1.165, 1.54) is 28.5 Å². The first-order valence-electron chi connectivity index (χ1n) is 10.7. The number of hydrogen-bond acceptors (Lipinski definition) is 13. The highest BCUT2D eigenvalue weighted by molar-refractivity contribution is 8.00. The van der Waals surface area contributed by atoms with Crippen molar-refractivity contribution in [2.24, 2.45) is 0 Å². The summed E-state index contributed by atoms with van der Waals surface area (Å²) in [7, 11) is 0. The minimum Gasteiger partial charge on any atom is -0.477 e. The number of carbonyl (C=O) groups excluding carboxylic acids is 3. The largest absolute Gasteiger partial charge is 0.477 e. The molecule has 3 aliphatic heterocycles. The number of carbonyl (C=O) groups is 4. The molecular formula is C19H19N9O5S4. The van der Waals surface area contributed by atoms with Gasteiger partial charge in [0.2, 0.25) is 0 Å². The van der Waals surface area contributed by atoms with Gasteiger partial charge in [-0.1, -0.05) is 0 Å². The SMILES string of the molecule is Cc1nnc(C(S)C2=C(C(=O)O)N3C(=O)C(N(C(=O)C(=N)c4csc(N)n4)N4CCNC4=O)C3SC2)s1. The molecule has 18 heteroatoms. The molecule has 3 unspecified atom stereocenters. The molecule has 0 radical (unpaired) electrons. The van der Waals surface area contributed by atoms with Gasteiger partial charge in [-0.3, -0.25) is 19.9 Å². The Bertz CT molecular complexity index is 1370. The van der Waals surface area contributed by atoms with E-state index in [2.05, 4.69) is 33.1 Å². The van der Waals surface area contributed by atoms with Crippen LogP contribution in [-0.2, 0) is 14.4 Å². The van der Waals surface area contributed by atoms with E-state index >= 15 is 0 Å². The lowest BCUT2D eigenvalue weighted by molar-refractivity contribution is -0.169. The lowest BCUT2D eigenvalue weighted by atomic mass is 10.00. The number of nitrogens with one attached hydrogen (secondary N) is 2. The second kappa shape index (κ2) is 9.58. The van der Waals surface area contributed by atoms with Crippen molar-refractivity contribution in [2.75, 3.05) is 24.6 Å². The summed E-state index contributed by atoms with van der Waals surface area (Å²) in [6.45, 7) is 2.08. The zero-order valence-electron chi connectivity index (χ0n) is 18.9. The third kappa shape index (κ3) is 4.22. The molecule has 37 heavy (non-hydrogen) atoms. The van der Waals surface area contributed by atoms with Crippen LogP contribution >= 0.6 is 47.1 Å². The molecule has 2 fully saturated rings. The van der Waals surface area contributed by atoms with Crippen LogP contribution in [0.15, 0.2) is 16.7 Å². The first-order chi connectivity index (χ1) is 17.6. The lowest BCUT2D eigenvalue weighted by Gasteiger charge is -2.54. The number of nitrogen functional groups attached to an aromatic ring is 1. The molecule has 2 saturated heterocycles. The van der Waals surface area contributed by atoms with Crippen molar-refractivity contribution in [3.63, 3.8) is 0 Å². The van der Waals surface area contributed by atoms with Crippen LogP contribution in [0.25, 0.3) is 0 Å². The number of anilines is 1. The number of aryl methyl sites for hydroxylation is 1. The van der Waals surface area contributed by atoms with E-state index in [0.717, 1.165) is 26.3 Å². The number of aliphatic carboxylic acids is 1. The molecule has 5 heterocycles. The van der Waals surface area contributed by atoms with Gasteiger partial charge >= 0.3 is 12.0 Å². The third-order valence-corrected chi connectivity index (χ3v) is 9.43. The Morgan fingerprint density at radius 2 is 2.14 bits per heavy atom. The number of carboxylic acid groups (broad SMARTS) is 1. The topological polar surface area (TPSA) is 199 Å². The minimum absolute atomic E-state index is 0.00991. The molecule has 0 aliphatic carbocycles. The van der Waals surface area contributed by atoms with Crippen molar-refractivity contribution in [3.8, 4) is 0 Å². The third-order valence-electron chi connectivity index (χ3n) is 5.84. The number of thioether (sulfide) groups is 1. The highest BCUT2D eigenvalue weighted by atomic mass is 32.2. The normalized spacial score (nSPS) is 21.9. The Hall–Kier alpha value is -3.22. The fourth-order valence-corrected chi connectivity index (χ4v) is 7.42. The highest BCUT2D eigenvalue weighted by Crippen LogP contribution is 2.47. The van der Waals surface area contributed by atoms with Crippen LogP contribution in [0.1, 0.15) is 21.0 Å². The highest BCUT2D eigenvalue weighted by Gasteiger charge is 2.60. The number of thiol groups is 1. The van der Waals surface area contributed by atoms with E-state index in [1.54, 1.807) is 6.92 Å². The van der Waals surface area contributed by atoms with Crippen molar-refractivity contribution in [2.45, 2.75) is 23.6 Å². The van der Waals surface area contributed by atoms with Crippen LogP contribution < -0.4 is 11.1 Å². The van der Waals surface area contributed by atoms with E-state index in [0.29, 0.717) is 15.6 Å². The fourth-order valence-electron chi connectivity index (χ4n) is 4.18. The van der Waals surface area contributed by atoms with Gasteiger partial charge in [-0.05, 0) is 12.5 Å². The van der Waals surface area contributed by atoms with Gasteiger partial charge in [0.15, 0.2) is 11.2 Å². The summed E-state index contributed by atoms with van der Waals surface area (Å²) in [5.41, 5.74) is 5.25. The molecule has 0 saturated carbocycles. The summed E-state index contributed by atoms with van der Waals surface area (Å²) in [5.74, 6) is -2.76. The number of fused-ring (bicyclic) bond motifs is 1. The van der Waals surface area contributed by atoms with Crippen LogP contribution in [0.2, 0.25) is 0 Å². The Morgan fingerprint density at radius 3 is 2.70 bits per heavy atom. The Balaban J connectivity index is 1.49. The first kappa shape index (κ1) is 25.4. The van der Waals surface area contributed by atoms with Gasteiger partial charge in [0, 0.05) is 17.7 Å². The van der Waals surface area contributed by atoms with Crippen LogP contribution in [0, 0.1) is 12.3 Å². The van der Waals surface area contributed by atoms with Crippen molar-refractivity contribution in [3.05, 3.63) is 32.4 Å². The molecule has 5 N–H and O–H groups in total. The van der Waals surface area contributed by atoms with Crippen molar-refractivity contribution >= 4 is 81.7 Å². The molecule has 14 nitrogen and oxygen atoms in total. The maximum atomic E-state index is 13.5. The molecule has 0 aromatic carbocycles. The van der Waals surface area contributed by atoms with E-state index in [-0.39, 0.29) is 35.4 Å². The zero-order valence-corrected chi connectivity index (χ0v) is 22.3. The Morgan fingerprint density at radius 1 is 1.38 bits per heavy atom. The standard InChI is InChI=1S/C19H19N9O5S4/c1-6-24-25-13(37-6)12(34)7-4-35-16-11(15(30)27(16)10(7)17(31)32)28(26-3-2-22-19(26)33)14(29)9(20)8-5-36-18(21)23-8/h5,11-12,16,20,34H,2-4H2,1H3,(H2,21,23)(H,22,33)(H,31,32). The summed E-state index contributed by atoms with van der Waals surface area (Å²) in [6.07, 6.45) is 0. The van der Waals surface area contributed by atoms with Crippen LogP contribution in [0.3, 0.4) is 0 Å². The van der Waals surface area contributed by atoms with Crippen LogP contribution in [0.4, 0.5) is 9.93 Å². The second-order valence-electron chi connectivity index (χ2n) is 8.05. The minimum atomic E-state index is -1.32. The summed E-state index contributed by atoms with van der Waals surface area (Å²) in [6, 6.07) is -1.82. The van der Waals surface area contributed by atoms with Gasteiger partial charge < -0.3 is 16.2 Å². The molecule has 3 aliphatic rings. The summed E-state index contributed by atoms with van der Waals surface area (Å²) in [4.78, 5) is 56.9. The second-order valence-corrected chi connectivity index (χ2v) is 11.8. The molecule has 4 amide bonds. The van der Waals surface area contributed by atoms with Crippen LogP contribution in [-0.4, -0.2) is 95.0 Å². The Kier molecular flexibility index (Phi) is 6.59. The number of aromatic nitrogens is 3. The lowest BCUT2D eigenvalue weighted by Crippen LogP contribution is -2.74.